The van der Waals surface area contributed by atoms with E-state index in [-0.39, 0.29) is 44.5 Å². The van der Waals surface area contributed by atoms with Gasteiger partial charge < -0.3 is 19.5 Å². The zero-order valence-corrected chi connectivity index (χ0v) is 36.1. The summed E-state index contributed by atoms with van der Waals surface area (Å²) >= 11 is 12.7. The molecular formula is C45H50Cl2N6O6S. The van der Waals surface area contributed by atoms with E-state index >= 15 is 0 Å². The van der Waals surface area contributed by atoms with Gasteiger partial charge in [0.05, 0.1) is 41.6 Å². The van der Waals surface area contributed by atoms with Crippen molar-refractivity contribution in [2.45, 2.75) is 69.8 Å². The number of nitrogens with one attached hydrogen (secondary N) is 2. The van der Waals surface area contributed by atoms with Crippen LogP contribution in [0.4, 0.5) is 5.69 Å². The first-order valence-corrected chi connectivity index (χ1v) is 22.8. The lowest BCUT2D eigenvalue weighted by molar-refractivity contribution is 0.0908. The molecule has 2 aromatic heterocycles. The summed E-state index contributed by atoms with van der Waals surface area (Å²) in [6.07, 6.45) is 8.78. The number of benzene rings is 3. The molecule has 1 saturated carbocycles. The maximum absolute atomic E-state index is 13.9. The third-order valence-electron chi connectivity index (χ3n) is 12.0. The number of sulfonamides is 1. The molecule has 60 heavy (non-hydrogen) atoms. The van der Waals surface area contributed by atoms with E-state index in [1.807, 2.05) is 30.3 Å². The highest BCUT2D eigenvalue weighted by Gasteiger charge is 2.30. The van der Waals surface area contributed by atoms with Crippen molar-refractivity contribution in [2.24, 2.45) is 11.3 Å². The quantitative estimate of drug-likeness (QED) is 0.111. The van der Waals surface area contributed by atoms with Crippen LogP contribution in [0.15, 0.2) is 89.6 Å². The first-order valence-electron chi connectivity index (χ1n) is 20.5. The van der Waals surface area contributed by atoms with Gasteiger partial charge in [0.1, 0.15) is 21.4 Å². The fourth-order valence-electron chi connectivity index (χ4n) is 8.43. The molecule has 1 aliphatic heterocycles. The zero-order chi connectivity index (χ0) is 42.0. The monoisotopic (exact) mass is 872 g/mol. The highest BCUT2D eigenvalue weighted by molar-refractivity contribution is 7.90. The Morgan fingerprint density at radius 1 is 0.967 bits per heavy atom. The molecule has 0 bridgehead atoms. The SMILES string of the molecule is CC1(C)CCC(CN2CCN(c3ccc(C(=O)NS(=O)(=O)c4cnc(OC[C@H]5CC[C@H](O)CC5)c(Cl)c4)c(Oc4cccc5[nH]ncc45)c3)CC2)=C(c2ccc(Cl)cc2)C1. The van der Waals surface area contributed by atoms with E-state index in [2.05, 4.69) is 55.7 Å². The number of allylic oxidation sites excluding steroid dienone is 1. The van der Waals surface area contributed by atoms with Gasteiger partial charge in [0.25, 0.3) is 15.9 Å². The van der Waals surface area contributed by atoms with Crippen molar-refractivity contribution in [2.75, 3.05) is 44.2 Å². The number of aliphatic hydroxyl groups excluding tert-OH is 1. The Morgan fingerprint density at radius 2 is 1.73 bits per heavy atom. The van der Waals surface area contributed by atoms with Crippen LogP contribution in [-0.2, 0) is 10.0 Å². The number of carbonyl (C=O) groups is 1. The highest BCUT2D eigenvalue weighted by Crippen LogP contribution is 2.43. The van der Waals surface area contributed by atoms with Gasteiger partial charge in [-0.2, -0.15) is 5.10 Å². The number of pyridine rings is 1. The van der Waals surface area contributed by atoms with Crippen molar-refractivity contribution in [1.82, 2.24) is 24.8 Å². The minimum atomic E-state index is -4.41. The van der Waals surface area contributed by atoms with Crippen LogP contribution in [0.25, 0.3) is 16.5 Å². The van der Waals surface area contributed by atoms with Crippen LogP contribution < -0.4 is 19.1 Å². The van der Waals surface area contributed by atoms with Gasteiger partial charge >= 0.3 is 0 Å². The summed E-state index contributed by atoms with van der Waals surface area (Å²) in [5.74, 6) is 0.114. The number of hydrogen-bond acceptors (Lipinski definition) is 10. The van der Waals surface area contributed by atoms with E-state index < -0.39 is 15.9 Å². The second kappa shape index (κ2) is 17.7. The largest absolute Gasteiger partial charge is 0.476 e. The average molecular weight is 874 g/mol. The molecule has 12 nitrogen and oxygen atoms in total. The van der Waals surface area contributed by atoms with Gasteiger partial charge in [-0.25, -0.2) is 18.1 Å². The summed E-state index contributed by atoms with van der Waals surface area (Å²) in [5.41, 5.74) is 6.01. The van der Waals surface area contributed by atoms with Crippen molar-refractivity contribution in [3.8, 4) is 17.4 Å². The molecule has 0 spiro atoms. The highest BCUT2D eigenvalue weighted by atomic mass is 35.5. The molecule has 3 aromatic carbocycles. The van der Waals surface area contributed by atoms with Crippen LogP contribution in [0.2, 0.25) is 10.0 Å². The topological polar surface area (TPSA) is 150 Å². The van der Waals surface area contributed by atoms with Gasteiger partial charge in [-0.3, -0.25) is 14.8 Å². The molecule has 5 aromatic rings. The molecule has 8 rings (SSSR count). The van der Waals surface area contributed by atoms with Crippen molar-refractivity contribution in [3.63, 3.8) is 0 Å². The van der Waals surface area contributed by atoms with Crippen molar-refractivity contribution in [1.29, 1.82) is 0 Å². The van der Waals surface area contributed by atoms with Gasteiger partial charge in [0.2, 0.25) is 5.88 Å². The van der Waals surface area contributed by atoms with Gasteiger partial charge in [0.15, 0.2) is 0 Å². The van der Waals surface area contributed by atoms with Crippen LogP contribution in [0.1, 0.15) is 74.7 Å². The second-order valence-electron chi connectivity index (χ2n) is 16.9. The molecular weight excluding hydrogens is 824 g/mol. The summed E-state index contributed by atoms with van der Waals surface area (Å²) in [4.78, 5) is 22.5. The predicted molar refractivity (Wildman–Crippen MR) is 235 cm³/mol. The predicted octanol–water partition coefficient (Wildman–Crippen LogP) is 8.89. The Labute approximate surface area is 360 Å². The fraction of sp³-hybridized carbons (Fsp3) is 0.400. The standard InChI is InChI=1S/C45H50Cl2N6O6S/c1-45(2)17-16-31(37(24-45)30-8-10-32(46)11-9-30)27-52-18-20-53(21-19-52)33-12-15-36(42(22-33)59-41-5-3-4-40-38(41)26-49-50-40)43(55)51-60(56,57)35-23-39(47)44(48-25-35)58-28-29-6-13-34(54)14-7-29/h3-5,8-12,15,22-23,25-26,29,34,54H,6-7,13-14,16-21,24,27-28H2,1-2H3,(H,49,50)(H,51,55)/t29-,34-. The van der Waals surface area contributed by atoms with Crippen LogP contribution in [0.5, 0.6) is 17.4 Å². The molecule has 316 valence electrons. The third-order valence-corrected chi connectivity index (χ3v) is 13.8. The maximum atomic E-state index is 13.9. The van der Waals surface area contributed by atoms with E-state index in [9.17, 15) is 18.3 Å². The molecule has 3 N–H and O–H groups in total. The molecule has 3 heterocycles. The maximum Gasteiger partial charge on any atom is 0.268 e. The van der Waals surface area contributed by atoms with E-state index in [4.69, 9.17) is 32.7 Å². The summed E-state index contributed by atoms with van der Waals surface area (Å²) in [6.45, 7) is 9.14. The van der Waals surface area contributed by atoms with Crippen molar-refractivity contribution in [3.05, 3.63) is 106 Å². The van der Waals surface area contributed by atoms with Crippen LogP contribution in [0, 0.1) is 11.3 Å². The number of nitrogens with zero attached hydrogens (tertiary/aromatic N) is 4. The van der Waals surface area contributed by atoms with E-state index in [0.717, 1.165) is 87.3 Å². The summed E-state index contributed by atoms with van der Waals surface area (Å²) in [7, 11) is -4.41. The Balaban J connectivity index is 0.986. The molecule has 0 radical (unpaired) electrons. The first kappa shape index (κ1) is 42.0. The number of fused-ring (bicyclic) bond motifs is 1. The van der Waals surface area contributed by atoms with Gasteiger partial charge in [-0.15, -0.1) is 0 Å². The van der Waals surface area contributed by atoms with Gasteiger partial charge in [-0.05, 0) is 110 Å². The number of piperazine rings is 1. The van der Waals surface area contributed by atoms with Gasteiger partial charge in [0, 0.05) is 49.5 Å². The minimum Gasteiger partial charge on any atom is -0.476 e. The molecule has 15 heteroatoms. The number of amides is 1. The first-order chi connectivity index (χ1) is 28.8. The molecule has 2 aliphatic carbocycles. The molecule has 2 fully saturated rings. The lowest BCUT2D eigenvalue weighted by Crippen LogP contribution is -2.47. The van der Waals surface area contributed by atoms with Crippen molar-refractivity contribution >= 4 is 61.3 Å². The summed E-state index contributed by atoms with van der Waals surface area (Å²) in [6, 6.07) is 20.1. The molecule has 1 amide bonds. The third kappa shape index (κ3) is 9.76. The normalized spacial score (nSPS) is 20.0. The van der Waals surface area contributed by atoms with E-state index in [1.165, 1.54) is 22.8 Å². The fourth-order valence-corrected chi connectivity index (χ4v) is 9.78. The number of hydrogen-bond donors (Lipinski definition) is 3. The average Bonchev–Trinajstić information content (AvgIpc) is 3.72. The van der Waals surface area contributed by atoms with Crippen LogP contribution >= 0.6 is 23.2 Å². The zero-order valence-electron chi connectivity index (χ0n) is 33.8. The lowest BCUT2D eigenvalue weighted by atomic mass is 9.72. The number of carbonyl (C=O) groups excluding carboxylic acids is 1. The number of H-pyrrole nitrogens is 1. The Bertz CT molecular complexity index is 2490. The number of aliphatic hydroxyl groups is 1. The summed E-state index contributed by atoms with van der Waals surface area (Å²) in [5, 5.41) is 18.3. The van der Waals surface area contributed by atoms with E-state index in [0.29, 0.717) is 30.6 Å². The molecule has 3 aliphatic rings. The Morgan fingerprint density at radius 3 is 2.48 bits per heavy atom. The molecule has 0 atom stereocenters. The number of aromatic amines is 1. The van der Waals surface area contributed by atoms with E-state index in [1.54, 1.807) is 24.4 Å². The Kier molecular flexibility index (Phi) is 12.4. The lowest BCUT2D eigenvalue weighted by Gasteiger charge is -2.39. The summed E-state index contributed by atoms with van der Waals surface area (Å²) < 4.78 is 41.6. The molecule has 0 unspecified atom stereocenters. The number of aromatic nitrogens is 3. The number of ether oxygens (including phenoxy) is 2. The van der Waals surface area contributed by atoms with Crippen molar-refractivity contribution < 1.29 is 27.8 Å². The van der Waals surface area contributed by atoms with Crippen LogP contribution in [0.3, 0.4) is 0 Å². The minimum absolute atomic E-state index is 0.00394. The Hall–Kier alpha value is -4.66. The number of anilines is 1. The van der Waals surface area contributed by atoms with Gasteiger partial charge in [-0.1, -0.05) is 60.8 Å². The number of rotatable bonds is 12. The number of halogens is 2. The van der Waals surface area contributed by atoms with Crippen LogP contribution in [-0.4, -0.2) is 84.9 Å². The second-order valence-corrected chi connectivity index (χ2v) is 19.5. The molecule has 1 saturated heterocycles. The smallest absolute Gasteiger partial charge is 0.268 e.